The van der Waals surface area contributed by atoms with E-state index >= 15 is 0 Å². The standard InChI is InChI=1S/C58H92O6/c1-4-7-10-13-16-19-22-25-27-29-31-33-36-39-42-45-48-51-57(60)63-54-55(53-62-56(59)50-47-44-41-38-35-24-21-18-15-12-9-6-3)64-58(61)52-49-46-43-40-37-34-32-30-28-26-23-20-17-14-11-8-5-2/h7-8,10-11,16-17,19-20,25-28,31-34,39-40,42-43,55H,4-6,9,12-15,18,21-24,29-30,35-38,41,44-54H2,1-3H3/b10-7-,11-8-,19-16-,20-17-,27-25-,28-26-,33-31-,34-32-,42-39-,43-40-/t55-/m1/s1. The molecular formula is C58H92O6. The van der Waals surface area contributed by atoms with Crippen LogP contribution in [0.3, 0.4) is 0 Å². The van der Waals surface area contributed by atoms with Crippen LogP contribution >= 0.6 is 0 Å². The van der Waals surface area contributed by atoms with Crippen LogP contribution in [0.1, 0.15) is 207 Å². The molecule has 64 heavy (non-hydrogen) atoms. The Kier molecular flexibility index (Phi) is 48.1. The fourth-order valence-corrected chi connectivity index (χ4v) is 6.45. The summed E-state index contributed by atoms with van der Waals surface area (Å²) in [6.45, 7) is 6.29. The van der Waals surface area contributed by atoms with Crippen molar-refractivity contribution in [3.05, 3.63) is 122 Å². The third-order valence-corrected chi connectivity index (χ3v) is 10.2. The van der Waals surface area contributed by atoms with Crippen LogP contribution in [0.5, 0.6) is 0 Å². The van der Waals surface area contributed by atoms with E-state index in [9.17, 15) is 14.4 Å². The first-order valence-corrected chi connectivity index (χ1v) is 25.5. The van der Waals surface area contributed by atoms with Gasteiger partial charge >= 0.3 is 17.9 Å². The second-order valence-electron chi connectivity index (χ2n) is 16.3. The molecule has 0 saturated heterocycles. The van der Waals surface area contributed by atoms with Crippen LogP contribution in [-0.4, -0.2) is 37.2 Å². The van der Waals surface area contributed by atoms with Gasteiger partial charge in [0.2, 0.25) is 0 Å². The molecule has 0 rings (SSSR count). The Balaban J connectivity index is 4.59. The maximum Gasteiger partial charge on any atom is 0.306 e. The Bertz CT molecular complexity index is 1390. The summed E-state index contributed by atoms with van der Waals surface area (Å²) in [5, 5.41) is 0. The number of hydrogen-bond donors (Lipinski definition) is 0. The van der Waals surface area contributed by atoms with Crippen molar-refractivity contribution < 1.29 is 28.6 Å². The van der Waals surface area contributed by atoms with E-state index in [1.807, 2.05) is 0 Å². The molecule has 0 heterocycles. The Morgan fingerprint density at radius 3 is 0.953 bits per heavy atom. The van der Waals surface area contributed by atoms with E-state index in [2.05, 4.69) is 142 Å². The van der Waals surface area contributed by atoms with Crippen LogP contribution in [-0.2, 0) is 28.6 Å². The summed E-state index contributed by atoms with van der Waals surface area (Å²) >= 11 is 0. The highest BCUT2D eigenvalue weighted by atomic mass is 16.6. The number of carbonyl (C=O) groups excluding carboxylic acids is 3. The molecule has 0 N–H and O–H groups in total. The molecule has 6 heteroatoms. The van der Waals surface area contributed by atoms with Gasteiger partial charge in [-0.1, -0.05) is 213 Å². The van der Waals surface area contributed by atoms with Crippen molar-refractivity contribution in [2.75, 3.05) is 13.2 Å². The van der Waals surface area contributed by atoms with Crippen LogP contribution in [0.15, 0.2) is 122 Å². The molecular weight excluding hydrogens is 793 g/mol. The summed E-state index contributed by atoms with van der Waals surface area (Å²) in [5.74, 6) is -1.05. The first kappa shape index (κ1) is 59.8. The smallest absolute Gasteiger partial charge is 0.306 e. The lowest BCUT2D eigenvalue weighted by atomic mass is 10.0. The predicted octanol–water partition coefficient (Wildman–Crippen LogP) is 16.9. The Hall–Kier alpha value is -4.19. The molecule has 0 saturated carbocycles. The van der Waals surface area contributed by atoms with Crippen molar-refractivity contribution in [3.63, 3.8) is 0 Å². The third kappa shape index (κ3) is 48.8. The van der Waals surface area contributed by atoms with E-state index in [0.717, 1.165) is 96.3 Å². The minimum atomic E-state index is -0.831. The lowest BCUT2D eigenvalue weighted by Gasteiger charge is -2.18. The highest BCUT2D eigenvalue weighted by Crippen LogP contribution is 2.13. The number of allylic oxidation sites excluding steroid dienone is 20. The summed E-state index contributed by atoms with van der Waals surface area (Å²) < 4.78 is 16.7. The zero-order chi connectivity index (χ0) is 46.5. The molecule has 0 fully saturated rings. The molecule has 0 aromatic heterocycles. The first-order chi connectivity index (χ1) is 31.5. The van der Waals surface area contributed by atoms with E-state index in [4.69, 9.17) is 14.2 Å². The van der Waals surface area contributed by atoms with Crippen LogP contribution in [0, 0.1) is 0 Å². The van der Waals surface area contributed by atoms with Crippen LogP contribution < -0.4 is 0 Å². The molecule has 0 radical (unpaired) electrons. The van der Waals surface area contributed by atoms with Gasteiger partial charge in [0.05, 0.1) is 0 Å². The number of unbranched alkanes of at least 4 members (excludes halogenated alkanes) is 13. The van der Waals surface area contributed by atoms with Gasteiger partial charge in [-0.25, -0.2) is 0 Å². The molecule has 6 nitrogen and oxygen atoms in total. The summed E-state index contributed by atoms with van der Waals surface area (Å²) in [7, 11) is 0. The molecule has 0 aliphatic heterocycles. The molecule has 0 unspecified atom stereocenters. The van der Waals surface area contributed by atoms with Crippen LogP contribution in [0.4, 0.5) is 0 Å². The highest BCUT2D eigenvalue weighted by Gasteiger charge is 2.19. The van der Waals surface area contributed by atoms with Gasteiger partial charge < -0.3 is 14.2 Å². The molecule has 0 aromatic rings. The predicted molar refractivity (Wildman–Crippen MR) is 274 cm³/mol. The van der Waals surface area contributed by atoms with E-state index in [0.29, 0.717) is 19.3 Å². The van der Waals surface area contributed by atoms with Gasteiger partial charge in [-0.3, -0.25) is 14.4 Å². The number of rotatable bonds is 44. The van der Waals surface area contributed by atoms with Gasteiger partial charge in [0.1, 0.15) is 13.2 Å². The minimum absolute atomic E-state index is 0.120. The topological polar surface area (TPSA) is 78.9 Å². The van der Waals surface area contributed by atoms with Crippen molar-refractivity contribution in [2.45, 2.75) is 213 Å². The van der Waals surface area contributed by atoms with E-state index in [1.165, 1.54) is 57.8 Å². The molecule has 0 bridgehead atoms. The lowest BCUT2D eigenvalue weighted by molar-refractivity contribution is -0.167. The Morgan fingerprint density at radius 1 is 0.328 bits per heavy atom. The zero-order valence-electron chi connectivity index (χ0n) is 41.0. The van der Waals surface area contributed by atoms with Gasteiger partial charge in [-0.05, 0) is 96.3 Å². The van der Waals surface area contributed by atoms with Crippen molar-refractivity contribution in [2.24, 2.45) is 0 Å². The summed E-state index contributed by atoms with van der Waals surface area (Å²) in [5.41, 5.74) is 0. The molecule has 0 aliphatic carbocycles. The number of carbonyl (C=O) groups is 3. The quantitative estimate of drug-likeness (QED) is 0.0262. The van der Waals surface area contributed by atoms with E-state index in [-0.39, 0.29) is 44.0 Å². The molecule has 1 atom stereocenters. The molecule has 0 spiro atoms. The summed E-state index contributed by atoms with van der Waals surface area (Å²) in [4.78, 5) is 37.9. The number of esters is 3. The summed E-state index contributed by atoms with van der Waals surface area (Å²) in [6.07, 6.45) is 70.5. The molecule has 0 aliphatic rings. The largest absolute Gasteiger partial charge is 0.462 e. The van der Waals surface area contributed by atoms with Gasteiger partial charge in [-0.15, -0.1) is 0 Å². The molecule has 0 aromatic carbocycles. The van der Waals surface area contributed by atoms with Crippen molar-refractivity contribution in [3.8, 4) is 0 Å². The maximum absolute atomic E-state index is 12.8. The monoisotopic (exact) mass is 885 g/mol. The van der Waals surface area contributed by atoms with Gasteiger partial charge in [0, 0.05) is 19.3 Å². The average Bonchev–Trinajstić information content (AvgIpc) is 3.29. The zero-order valence-corrected chi connectivity index (χ0v) is 41.0. The van der Waals surface area contributed by atoms with Gasteiger partial charge in [0.25, 0.3) is 0 Å². The maximum atomic E-state index is 12.8. The van der Waals surface area contributed by atoms with Crippen molar-refractivity contribution in [1.29, 1.82) is 0 Å². The number of ether oxygens (including phenoxy) is 3. The average molecular weight is 885 g/mol. The highest BCUT2D eigenvalue weighted by molar-refractivity contribution is 5.71. The molecule has 0 amide bonds. The fraction of sp³-hybridized carbons (Fsp3) is 0.603. The summed E-state index contributed by atoms with van der Waals surface area (Å²) in [6, 6.07) is 0. The van der Waals surface area contributed by atoms with Crippen molar-refractivity contribution >= 4 is 17.9 Å². The second-order valence-corrected chi connectivity index (χ2v) is 16.3. The fourth-order valence-electron chi connectivity index (χ4n) is 6.45. The number of hydrogen-bond acceptors (Lipinski definition) is 6. The lowest BCUT2D eigenvalue weighted by Crippen LogP contribution is -2.30. The Morgan fingerprint density at radius 2 is 0.609 bits per heavy atom. The Labute approximate surface area is 392 Å². The van der Waals surface area contributed by atoms with Crippen molar-refractivity contribution in [1.82, 2.24) is 0 Å². The second kappa shape index (κ2) is 51.4. The van der Waals surface area contributed by atoms with Crippen LogP contribution in [0.25, 0.3) is 0 Å². The first-order valence-electron chi connectivity index (χ1n) is 25.5. The van der Waals surface area contributed by atoms with Gasteiger partial charge in [0.15, 0.2) is 6.10 Å². The minimum Gasteiger partial charge on any atom is -0.462 e. The SMILES string of the molecule is CC/C=C\C/C=C\C/C=C\C/C=C\C/C=C\CCCC(=O)OC[C@@H](COC(=O)CCCCCCCCCCCCCC)OC(=O)CCC/C=C\C/C=C\C/C=C\C/C=C\C/C=C\CC. The third-order valence-electron chi connectivity index (χ3n) is 10.2. The molecule has 360 valence electrons. The van der Waals surface area contributed by atoms with Gasteiger partial charge in [-0.2, -0.15) is 0 Å². The normalized spacial score (nSPS) is 13.1. The van der Waals surface area contributed by atoms with E-state index < -0.39 is 6.10 Å². The van der Waals surface area contributed by atoms with E-state index in [1.54, 1.807) is 0 Å². The van der Waals surface area contributed by atoms with Crippen LogP contribution in [0.2, 0.25) is 0 Å².